The Labute approximate surface area is 137 Å². The second-order valence-electron chi connectivity index (χ2n) is 4.94. The lowest BCUT2D eigenvalue weighted by Gasteiger charge is -1.95. The summed E-state index contributed by atoms with van der Waals surface area (Å²) >= 11 is 0. The van der Waals surface area contributed by atoms with Crippen molar-refractivity contribution in [1.29, 1.82) is 0 Å². The summed E-state index contributed by atoms with van der Waals surface area (Å²) in [4.78, 5) is 8.67. The number of pyridine rings is 1. The summed E-state index contributed by atoms with van der Waals surface area (Å²) in [5.74, 6) is 0. The maximum Gasteiger partial charge on any atom is 0.0819 e. The lowest BCUT2D eigenvalue weighted by atomic mass is 10.2. The number of benzene rings is 2. The number of nitrogens with zero attached hydrogens (tertiary/aromatic N) is 2. The number of rotatable bonds is 3. The Hall–Kier alpha value is -3.00. The van der Waals surface area contributed by atoms with Crippen LogP contribution in [0, 0.1) is 6.92 Å². The molecule has 0 amide bonds. The van der Waals surface area contributed by atoms with Gasteiger partial charge in [-0.1, -0.05) is 66.7 Å². The van der Waals surface area contributed by atoms with Gasteiger partial charge in [0.25, 0.3) is 0 Å². The average Bonchev–Trinajstić information content (AvgIpc) is 2.62. The lowest BCUT2D eigenvalue weighted by molar-refractivity contribution is 1.27. The van der Waals surface area contributed by atoms with Gasteiger partial charge in [-0.3, -0.25) is 4.99 Å². The van der Waals surface area contributed by atoms with Gasteiger partial charge < -0.3 is 0 Å². The van der Waals surface area contributed by atoms with Crippen molar-refractivity contribution < 1.29 is 0 Å². The first kappa shape index (κ1) is 16.4. The van der Waals surface area contributed by atoms with Crippen LogP contribution in [0.5, 0.6) is 0 Å². The molecule has 0 bridgehead atoms. The van der Waals surface area contributed by atoms with Crippen LogP contribution in [0.2, 0.25) is 0 Å². The van der Waals surface area contributed by atoms with E-state index in [2.05, 4.69) is 35.6 Å². The molecule has 0 saturated heterocycles. The van der Waals surface area contributed by atoms with Crippen LogP contribution in [0.4, 0.5) is 5.69 Å². The summed E-state index contributed by atoms with van der Waals surface area (Å²) in [6, 6.07) is 25.8. The largest absolute Gasteiger partial charge is 0.255 e. The molecule has 2 aromatic carbocycles. The minimum atomic E-state index is 0.834. The Morgan fingerprint density at radius 1 is 0.783 bits per heavy atom. The monoisotopic (exact) mass is 300 g/mol. The molecule has 3 aromatic rings. The highest BCUT2D eigenvalue weighted by Gasteiger charge is 1.91. The van der Waals surface area contributed by atoms with E-state index >= 15 is 0 Å². The van der Waals surface area contributed by atoms with Gasteiger partial charge in [0, 0.05) is 0 Å². The molecule has 0 saturated carbocycles. The Morgan fingerprint density at radius 3 is 1.96 bits per heavy atom. The second-order valence-corrected chi connectivity index (χ2v) is 4.94. The number of hydrogen-bond donors (Lipinski definition) is 0. The molecule has 0 aliphatic heterocycles. The molecule has 0 atom stereocenters. The van der Waals surface area contributed by atoms with E-state index in [0.717, 1.165) is 17.1 Å². The molecule has 0 N–H and O–H groups in total. The summed E-state index contributed by atoms with van der Waals surface area (Å²) in [6.07, 6.45) is 3.47. The predicted octanol–water partition coefficient (Wildman–Crippen LogP) is 5.47. The molecule has 0 radical (unpaired) electrons. The molecule has 114 valence electrons. The van der Waals surface area contributed by atoms with Crippen molar-refractivity contribution >= 4 is 18.0 Å². The first-order chi connectivity index (χ1) is 11.3. The maximum atomic E-state index is 4.34. The van der Waals surface area contributed by atoms with E-state index in [1.165, 1.54) is 5.56 Å². The van der Waals surface area contributed by atoms with E-state index in [1.54, 1.807) is 12.3 Å². The van der Waals surface area contributed by atoms with Crippen molar-refractivity contribution in [3.63, 3.8) is 0 Å². The molecule has 0 unspecified atom stereocenters. The van der Waals surface area contributed by atoms with Crippen LogP contribution in [0.15, 0.2) is 90.4 Å². The molecule has 3 rings (SSSR count). The van der Waals surface area contributed by atoms with Crippen molar-refractivity contribution in [2.24, 2.45) is 4.99 Å². The summed E-state index contributed by atoms with van der Waals surface area (Å²) in [5, 5.41) is 0. The predicted molar refractivity (Wildman–Crippen MR) is 99.2 cm³/mol. The van der Waals surface area contributed by atoms with E-state index in [-0.39, 0.29) is 0 Å². The maximum absolute atomic E-state index is 4.34. The van der Waals surface area contributed by atoms with Crippen molar-refractivity contribution in [2.75, 3.05) is 0 Å². The molecule has 0 fully saturated rings. The summed E-state index contributed by atoms with van der Waals surface area (Å²) in [7, 11) is 0. The topological polar surface area (TPSA) is 25.2 Å². The van der Waals surface area contributed by atoms with Gasteiger partial charge in [0.15, 0.2) is 0 Å². The average molecular weight is 300 g/mol. The van der Waals surface area contributed by atoms with Gasteiger partial charge in [0.1, 0.15) is 0 Å². The third kappa shape index (κ3) is 6.10. The van der Waals surface area contributed by atoms with Gasteiger partial charge in [-0.15, -0.1) is 0 Å². The van der Waals surface area contributed by atoms with E-state index in [4.69, 9.17) is 0 Å². The molecule has 0 aliphatic rings. The molecule has 0 spiro atoms. The first-order valence-electron chi connectivity index (χ1n) is 7.48. The highest BCUT2D eigenvalue weighted by atomic mass is 14.8. The van der Waals surface area contributed by atoms with Crippen molar-refractivity contribution in [3.8, 4) is 0 Å². The quantitative estimate of drug-likeness (QED) is 0.589. The standard InChI is InChI=1S/C14H12N2.C7H8/c1-2-12-9-6-10-14(16-12)11-15-13-7-4-3-5-8-13;1-7-5-3-2-4-6-7/h2-11H,1H2;2-6H,1H3. The van der Waals surface area contributed by atoms with E-state index in [1.807, 2.05) is 66.7 Å². The molecule has 2 heteroatoms. The van der Waals surface area contributed by atoms with Crippen LogP contribution in [-0.4, -0.2) is 11.2 Å². The zero-order chi connectivity index (χ0) is 16.3. The summed E-state index contributed by atoms with van der Waals surface area (Å²) in [5.41, 5.74) is 3.94. The van der Waals surface area contributed by atoms with Crippen molar-refractivity contribution in [1.82, 2.24) is 4.98 Å². The van der Waals surface area contributed by atoms with E-state index < -0.39 is 0 Å². The molecule has 2 nitrogen and oxygen atoms in total. The van der Waals surface area contributed by atoms with Gasteiger partial charge in [0.2, 0.25) is 0 Å². The highest BCUT2D eigenvalue weighted by Crippen LogP contribution is 2.09. The third-order valence-electron chi connectivity index (χ3n) is 3.04. The Bertz CT molecular complexity index is 747. The van der Waals surface area contributed by atoms with E-state index in [9.17, 15) is 0 Å². The van der Waals surface area contributed by atoms with Crippen LogP contribution in [0.1, 0.15) is 17.0 Å². The van der Waals surface area contributed by atoms with Gasteiger partial charge >= 0.3 is 0 Å². The fourth-order valence-electron chi connectivity index (χ4n) is 1.84. The lowest BCUT2D eigenvalue weighted by Crippen LogP contribution is -1.88. The summed E-state index contributed by atoms with van der Waals surface area (Å²) in [6.45, 7) is 5.77. The molecular weight excluding hydrogens is 280 g/mol. The normalized spacial score (nSPS) is 9.96. The van der Waals surface area contributed by atoms with Crippen LogP contribution < -0.4 is 0 Å². The van der Waals surface area contributed by atoms with Crippen LogP contribution in [0.25, 0.3) is 6.08 Å². The number of aryl methyl sites for hydroxylation is 1. The van der Waals surface area contributed by atoms with Gasteiger partial charge in [-0.25, -0.2) is 4.98 Å². The van der Waals surface area contributed by atoms with Gasteiger partial charge in [-0.05, 0) is 37.3 Å². The van der Waals surface area contributed by atoms with Crippen LogP contribution in [-0.2, 0) is 0 Å². The zero-order valence-electron chi connectivity index (χ0n) is 13.3. The fraction of sp³-hybridized carbons (Fsp3) is 0.0476. The molecule has 1 aromatic heterocycles. The molecular formula is C21H20N2. The SMILES string of the molecule is C=Cc1cccc(C=Nc2ccccc2)n1.Cc1ccccc1. The molecule has 23 heavy (non-hydrogen) atoms. The first-order valence-corrected chi connectivity index (χ1v) is 7.48. The Morgan fingerprint density at radius 2 is 1.39 bits per heavy atom. The minimum Gasteiger partial charge on any atom is -0.255 e. The van der Waals surface area contributed by atoms with Crippen molar-refractivity contribution in [3.05, 3.63) is 102 Å². The highest BCUT2D eigenvalue weighted by molar-refractivity contribution is 5.79. The second kappa shape index (κ2) is 9.11. The molecule has 1 heterocycles. The zero-order valence-corrected chi connectivity index (χ0v) is 13.3. The van der Waals surface area contributed by atoms with Crippen molar-refractivity contribution in [2.45, 2.75) is 6.92 Å². The Balaban J connectivity index is 0.000000229. The fourth-order valence-corrected chi connectivity index (χ4v) is 1.84. The number of aliphatic imine (C=N–C) groups is 1. The third-order valence-corrected chi connectivity index (χ3v) is 3.04. The summed E-state index contributed by atoms with van der Waals surface area (Å²) < 4.78 is 0. The van der Waals surface area contributed by atoms with Gasteiger partial charge in [-0.2, -0.15) is 0 Å². The minimum absolute atomic E-state index is 0.834. The number of para-hydroxylation sites is 1. The van der Waals surface area contributed by atoms with Gasteiger partial charge in [0.05, 0.1) is 23.3 Å². The van der Waals surface area contributed by atoms with E-state index in [0.29, 0.717) is 0 Å². The molecule has 0 aliphatic carbocycles. The Kier molecular flexibility index (Phi) is 6.48. The number of aromatic nitrogens is 1. The number of hydrogen-bond acceptors (Lipinski definition) is 2. The smallest absolute Gasteiger partial charge is 0.0819 e. The van der Waals surface area contributed by atoms with Crippen LogP contribution >= 0.6 is 0 Å². The van der Waals surface area contributed by atoms with Crippen LogP contribution in [0.3, 0.4) is 0 Å².